The Morgan fingerprint density at radius 2 is 1.96 bits per heavy atom. The minimum atomic E-state index is -0.220. The van der Waals surface area contributed by atoms with Crippen molar-refractivity contribution in [1.29, 1.82) is 5.26 Å². The first kappa shape index (κ1) is 16.4. The van der Waals surface area contributed by atoms with E-state index in [0.29, 0.717) is 23.5 Å². The highest BCUT2D eigenvalue weighted by atomic mass is 16.1. The van der Waals surface area contributed by atoms with Gasteiger partial charge in [-0.3, -0.25) is 9.89 Å². The van der Waals surface area contributed by atoms with Gasteiger partial charge >= 0.3 is 0 Å². The van der Waals surface area contributed by atoms with Crippen LogP contribution in [-0.4, -0.2) is 21.1 Å². The number of H-pyrrole nitrogens is 1. The molecule has 3 aromatic rings. The Hall–Kier alpha value is -3.46. The largest absolute Gasteiger partial charge is 0.321 e. The van der Waals surface area contributed by atoms with Crippen LogP contribution in [0.1, 0.15) is 28.7 Å². The molecule has 0 saturated carbocycles. The number of benzene rings is 2. The number of carbonyl (C=O) groups is 1. The Morgan fingerprint density at radius 1 is 1.20 bits per heavy atom. The summed E-state index contributed by atoms with van der Waals surface area (Å²) in [7, 11) is 0. The lowest BCUT2D eigenvalue weighted by Crippen LogP contribution is -2.12. The van der Waals surface area contributed by atoms with Gasteiger partial charge in [0.05, 0.1) is 18.2 Å². The van der Waals surface area contributed by atoms with Crippen LogP contribution < -0.4 is 5.32 Å². The van der Waals surface area contributed by atoms with E-state index >= 15 is 0 Å². The zero-order valence-electron chi connectivity index (χ0n) is 13.8. The fourth-order valence-corrected chi connectivity index (χ4v) is 2.42. The number of nitriles is 1. The topological polar surface area (TPSA) is 94.5 Å². The van der Waals surface area contributed by atoms with E-state index in [1.165, 1.54) is 0 Å². The van der Waals surface area contributed by atoms with Crippen molar-refractivity contribution in [3.05, 3.63) is 65.5 Å². The Morgan fingerprint density at radius 3 is 2.64 bits per heavy atom. The van der Waals surface area contributed by atoms with E-state index in [9.17, 15) is 4.79 Å². The molecule has 25 heavy (non-hydrogen) atoms. The van der Waals surface area contributed by atoms with Crippen LogP contribution in [0, 0.1) is 11.3 Å². The molecule has 2 aromatic carbocycles. The molecule has 0 atom stereocenters. The number of anilines is 1. The lowest BCUT2D eigenvalue weighted by Gasteiger charge is -2.09. The van der Waals surface area contributed by atoms with Gasteiger partial charge in [0.25, 0.3) is 5.91 Å². The average Bonchev–Trinajstić information content (AvgIpc) is 3.12. The SMILES string of the molecule is CCc1nc(-c2ccccc2NC(=O)c2ccc(CC#N)cc2)n[nH]1. The second kappa shape index (κ2) is 7.41. The van der Waals surface area contributed by atoms with Crippen LogP contribution in [-0.2, 0) is 12.8 Å². The van der Waals surface area contributed by atoms with E-state index in [0.717, 1.165) is 23.4 Å². The predicted octanol–water partition coefficient (Wildman–Crippen LogP) is 3.35. The molecular weight excluding hydrogens is 314 g/mol. The van der Waals surface area contributed by atoms with Crippen molar-refractivity contribution in [2.45, 2.75) is 19.8 Å². The maximum absolute atomic E-state index is 12.5. The summed E-state index contributed by atoms with van der Waals surface area (Å²) in [5.74, 6) is 1.13. The second-order valence-corrected chi connectivity index (χ2v) is 5.49. The first-order chi connectivity index (χ1) is 12.2. The molecule has 0 radical (unpaired) electrons. The Bertz CT molecular complexity index is 921. The van der Waals surface area contributed by atoms with Crippen LogP contribution in [0.25, 0.3) is 11.4 Å². The summed E-state index contributed by atoms with van der Waals surface area (Å²) in [4.78, 5) is 16.9. The predicted molar refractivity (Wildman–Crippen MR) is 94.9 cm³/mol. The van der Waals surface area contributed by atoms with Gasteiger partial charge in [-0.2, -0.15) is 10.4 Å². The van der Waals surface area contributed by atoms with Crippen molar-refractivity contribution in [1.82, 2.24) is 15.2 Å². The van der Waals surface area contributed by atoms with Crippen molar-refractivity contribution in [2.75, 3.05) is 5.32 Å². The molecule has 0 saturated heterocycles. The molecule has 6 heteroatoms. The highest BCUT2D eigenvalue weighted by Crippen LogP contribution is 2.25. The molecule has 0 fully saturated rings. The Labute approximate surface area is 145 Å². The highest BCUT2D eigenvalue weighted by molar-refractivity contribution is 6.06. The third-order valence-electron chi connectivity index (χ3n) is 3.78. The number of hydrogen-bond acceptors (Lipinski definition) is 4. The van der Waals surface area contributed by atoms with E-state index in [2.05, 4.69) is 26.6 Å². The summed E-state index contributed by atoms with van der Waals surface area (Å²) in [5, 5.41) is 18.7. The number of aryl methyl sites for hydroxylation is 1. The third-order valence-corrected chi connectivity index (χ3v) is 3.78. The summed E-state index contributed by atoms with van der Waals surface area (Å²) >= 11 is 0. The smallest absolute Gasteiger partial charge is 0.255 e. The Balaban J connectivity index is 1.83. The van der Waals surface area contributed by atoms with Gasteiger partial charge in [-0.1, -0.05) is 31.2 Å². The van der Waals surface area contributed by atoms with Gasteiger partial charge in [0.1, 0.15) is 5.82 Å². The maximum Gasteiger partial charge on any atom is 0.255 e. The van der Waals surface area contributed by atoms with Crippen LogP contribution >= 0.6 is 0 Å². The number of hydrogen-bond donors (Lipinski definition) is 2. The molecule has 1 amide bonds. The number of aromatic amines is 1. The molecule has 0 aliphatic carbocycles. The van der Waals surface area contributed by atoms with Crippen molar-refractivity contribution in [3.63, 3.8) is 0 Å². The van der Waals surface area contributed by atoms with Crippen molar-refractivity contribution >= 4 is 11.6 Å². The number of amides is 1. The second-order valence-electron chi connectivity index (χ2n) is 5.49. The highest BCUT2D eigenvalue weighted by Gasteiger charge is 2.13. The number of para-hydroxylation sites is 1. The van der Waals surface area contributed by atoms with Gasteiger partial charge in [-0.25, -0.2) is 4.98 Å². The van der Waals surface area contributed by atoms with E-state index in [-0.39, 0.29) is 5.91 Å². The van der Waals surface area contributed by atoms with Gasteiger partial charge in [0.15, 0.2) is 5.82 Å². The fraction of sp³-hybridized carbons (Fsp3) is 0.158. The summed E-state index contributed by atoms with van der Waals surface area (Å²) in [6.45, 7) is 1.99. The number of carbonyl (C=O) groups excluding carboxylic acids is 1. The first-order valence-electron chi connectivity index (χ1n) is 7.99. The number of nitrogens with zero attached hydrogens (tertiary/aromatic N) is 3. The number of rotatable bonds is 5. The standard InChI is InChI=1S/C19H17N5O/c1-2-17-22-18(24-23-17)15-5-3-4-6-16(15)21-19(25)14-9-7-13(8-10-14)11-12-20/h3-10H,2,11H2,1H3,(H,21,25)(H,22,23,24). The molecule has 0 aliphatic rings. The monoisotopic (exact) mass is 331 g/mol. The van der Waals surface area contributed by atoms with Crippen LogP contribution in [0.2, 0.25) is 0 Å². The molecule has 6 nitrogen and oxygen atoms in total. The van der Waals surface area contributed by atoms with Gasteiger partial charge in [-0.15, -0.1) is 0 Å². The van der Waals surface area contributed by atoms with Gasteiger partial charge in [0.2, 0.25) is 0 Å². The molecule has 1 aromatic heterocycles. The summed E-state index contributed by atoms with van der Waals surface area (Å²) in [5.41, 5.74) is 2.82. The van der Waals surface area contributed by atoms with Crippen molar-refractivity contribution < 1.29 is 4.79 Å². The Kier molecular flexibility index (Phi) is 4.86. The van der Waals surface area contributed by atoms with Crippen LogP contribution in [0.4, 0.5) is 5.69 Å². The maximum atomic E-state index is 12.5. The molecule has 0 unspecified atom stereocenters. The van der Waals surface area contributed by atoms with Crippen LogP contribution in [0.5, 0.6) is 0 Å². The summed E-state index contributed by atoms with van der Waals surface area (Å²) in [6, 6.07) is 16.5. The lowest BCUT2D eigenvalue weighted by molar-refractivity contribution is 0.102. The van der Waals surface area contributed by atoms with Gasteiger partial charge in [0, 0.05) is 17.5 Å². The molecule has 0 bridgehead atoms. The molecule has 2 N–H and O–H groups in total. The average molecular weight is 331 g/mol. The normalized spacial score (nSPS) is 10.2. The minimum Gasteiger partial charge on any atom is -0.321 e. The molecule has 3 rings (SSSR count). The number of nitrogens with one attached hydrogen (secondary N) is 2. The van der Waals surface area contributed by atoms with E-state index in [1.54, 1.807) is 24.3 Å². The van der Waals surface area contributed by atoms with Crippen molar-refractivity contribution in [2.24, 2.45) is 0 Å². The molecule has 0 aliphatic heterocycles. The van der Waals surface area contributed by atoms with Gasteiger partial charge < -0.3 is 5.32 Å². The molecule has 0 spiro atoms. The zero-order valence-corrected chi connectivity index (χ0v) is 13.8. The molecule has 124 valence electrons. The van der Waals surface area contributed by atoms with Gasteiger partial charge in [-0.05, 0) is 29.8 Å². The molecule has 1 heterocycles. The van der Waals surface area contributed by atoms with E-state index in [1.807, 2.05) is 31.2 Å². The first-order valence-corrected chi connectivity index (χ1v) is 7.99. The van der Waals surface area contributed by atoms with Crippen LogP contribution in [0.15, 0.2) is 48.5 Å². The lowest BCUT2D eigenvalue weighted by atomic mass is 10.1. The minimum absolute atomic E-state index is 0.220. The third kappa shape index (κ3) is 3.72. The van der Waals surface area contributed by atoms with Crippen molar-refractivity contribution in [3.8, 4) is 17.5 Å². The molecular formula is C19H17N5O. The zero-order chi connectivity index (χ0) is 17.6. The van der Waals surface area contributed by atoms with E-state index < -0.39 is 0 Å². The summed E-state index contributed by atoms with van der Waals surface area (Å²) < 4.78 is 0. The fourth-order valence-electron chi connectivity index (χ4n) is 2.42. The quantitative estimate of drug-likeness (QED) is 0.749. The van der Waals surface area contributed by atoms with E-state index in [4.69, 9.17) is 5.26 Å². The van der Waals surface area contributed by atoms with Crippen LogP contribution in [0.3, 0.4) is 0 Å². The summed E-state index contributed by atoms with van der Waals surface area (Å²) in [6.07, 6.45) is 1.09. The number of aromatic nitrogens is 3.